The van der Waals surface area contributed by atoms with E-state index in [2.05, 4.69) is 24.3 Å². The van der Waals surface area contributed by atoms with E-state index in [1.165, 1.54) is 30.6 Å². The summed E-state index contributed by atoms with van der Waals surface area (Å²) in [6.07, 6.45) is 0.750. The Hall–Kier alpha value is -1.66. The van der Waals surface area contributed by atoms with Gasteiger partial charge in [-0.2, -0.15) is 0 Å². The summed E-state index contributed by atoms with van der Waals surface area (Å²) in [6.45, 7) is 0. The highest BCUT2D eigenvalue weighted by Crippen LogP contribution is 2.42. The van der Waals surface area contributed by atoms with Crippen molar-refractivity contribution in [2.24, 2.45) is 0 Å². The molecule has 0 N–H and O–H groups in total. The third-order valence-electron chi connectivity index (χ3n) is 3.68. The minimum atomic E-state index is -0.205. The molecule has 2 rings (SSSR count). The van der Waals surface area contributed by atoms with Crippen LogP contribution in [-0.2, 0) is 19.1 Å². The predicted molar refractivity (Wildman–Crippen MR) is 105 cm³/mol. The molecule has 0 fully saturated rings. The van der Waals surface area contributed by atoms with Crippen LogP contribution in [0, 0.1) is 0 Å². The van der Waals surface area contributed by atoms with Crippen LogP contribution >= 0.6 is 23.5 Å². The standard InChI is InChI=1S/C19H22O4S2/c1-22-17(20)10-12-24-19(25-13-11-18(21)23-2)16-9-5-7-14-6-3-4-8-15(14)16/h3-9,19H,10-13H2,1-2H3. The Morgan fingerprint density at radius 3 is 2.04 bits per heavy atom. The summed E-state index contributed by atoms with van der Waals surface area (Å²) in [7, 11) is 2.81. The third-order valence-corrected chi connectivity index (χ3v) is 6.49. The van der Waals surface area contributed by atoms with Crippen molar-refractivity contribution in [1.82, 2.24) is 0 Å². The lowest BCUT2D eigenvalue weighted by Crippen LogP contribution is -2.04. The van der Waals surface area contributed by atoms with E-state index in [0.29, 0.717) is 24.3 Å². The first-order valence-corrected chi connectivity index (χ1v) is 10.1. The van der Waals surface area contributed by atoms with Gasteiger partial charge in [0.25, 0.3) is 0 Å². The van der Waals surface area contributed by atoms with Gasteiger partial charge in [-0.1, -0.05) is 42.5 Å². The molecule has 0 aromatic heterocycles. The summed E-state index contributed by atoms with van der Waals surface area (Å²) in [4.78, 5) is 22.8. The monoisotopic (exact) mass is 378 g/mol. The molecule has 25 heavy (non-hydrogen) atoms. The smallest absolute Gasteiger partial charge is 0.306 e. The Bertz CT molecular complexity index is 690. The van der Waals surface area contributed by atoms with Crippen molar-refractivity contribution < 1.29 is 19.1 Å². The van der Waals surface area contributed by atoms with Crippen molar-refractivity contribution in [3.63, 3.8) is 0 Å². The fraction of sp³-hybridized carbons (Fsp3) is 0.368. The van der Waals surface area contributed by atoms with Gasteiger partial charge >= 0.3 is 11.9 Å². The fourth-order valence-electron chi connectivity index (χ4n) is 2.39. The number of benzene rings is 2. The molecule has 0 aliphatic rings. The molecule has 0 atom stereocenters. The third kappa shape index (κ3) is 5.97. The van der Waals surface area contributed by atoms with Gasteiger partial charge in [-0.15, -0.1) is 23.5 Å². The van der Waals surface area contributed by atoms with Gasteiger partial charge in [0.15, 0.2) is 0 Å². The summed E-state index contributed by atoms with van der Waals surface area (Å²) in [5, 5.41) is 2.39. The molecule has 0 unspecified atom stereocenters. The highest BCUT2D eigenvalue weighted by Gasteiger charge is 2.17. The van der Waals surface area contributed by atoms with Gasteiger partial charge in [-0.05, 0) is 16.3 Å². The zero-order chi connectivity index (χ0) is 18.1. The molecule has 0 bridgehead atoms. The minimum Gasteiger partial charge on any atom is -0.469 e. The quantitative estimate of drug-likeness (QED) is 0.475. The lowest BCUT2D eigenvalue weighted by molar-refractivity contribution is -0.140. The normalized spacial score (nSPS) is 10.8. The molecule has 0 aliphatic carbocycles. The van der Waals surface area contributed by atoms with Crippen LogP contribution in [0.5, 0.6) is 0 Å². The Morgan fingerprint density at radius 2 is 1.44 bits per heavy atom. The maximum absolute atomic E-state index is 11.4. The summed E-state index contributed by atoms with van der Waals surface area (Å²) >= 11 is 3.40. The van der Waals surface area contributed by atoms with Crippen LogP contribution in [0.15, 0.2) is 42.5 Å². The highest BCUT2D eigenvalue weighted by atomic mass is 32.2. The second-order valence-electron chi connectivity index (χ2n) is 5.29. The van der Waals surface area contributed by atoms with Crippen LogP contribution in [0.1, 0.15) is 23.0 Å². The molecular weight excluding hydrogens is 356 g/mol. The number of fused-ring (bicyclic) bond motifs is 1. The van der Waals surface area contributed by atoms with Crippen molar-refractivity contribution in [1.29, 1.82) is 0 Å². The molecule has 0 saturated heterocycles. The van der Waals surface area contributed by atoms with Crippen molar-refractivity contribution >= 4 is 46.2 Å². The van der Waals surface area contributed by atoms with Crippen LogP contribution in [-0.4, -0.2) is 37.7 Å². The molecule has 134 valence electrons. The zero-order valence-electron chi connectivity index (χ0n) is 14.4. The molecule has 6 heteroatoms. The second kappa shape index (κ2) is 10.4. The summed E-state index contributed by atoms with van der Waals surface area (Å²) in [5.41, 5.74) is 1.21. The first kappa shape index (κ1) is 19.7. The average molecular weight is 379 g/mol. The number of hydrogen-bond acceptors (Lipinski definition) is 6. The Labute approximate surface area is 156 Å². The lowest BCUT2D eigenvalue weighted by atomic mass is 10.1. The van der Waals surface area contributed by atoms with E-state index >= 15 is 0 Å². The number of methoxy groups -OCH3 is 2. The van der Waals surface area contributed by atoms with E-state index in [1.54, 1.807) is 23.5 Å². The molecule has 4 nitrogen and oxygen atoms in total. The Balaban J connectivity index is 2.14. The SMILES string of the molecule is COC(=O)CCSC(SCCC(=O)OC)c1cccc2ccccc12. The highest BCUT2D eigenvalue weighted by molar-refractivity contribution is 8.16. The van der Waals surface area contributed by atoms with Crippen molar-refractivity contribution in [2.45, 2.75) is 17.4 Å². The first-order valence-electron chi connectivity index (χ1n) is 8.00. The number of hydrogen-bond donors (Lipinski definition) is 0. The maximum Gasteiger partial charge on any atom is 0.306 e. The van der Waals surface area contributed by atoms with Crippen molar-refractivity contribution in [3.8, 4) is 0 Å². The van der Waals surface area contributed by atoms with E-state index in [-0.39, 0.29) is 16.5 Å². The van der Waals surface area contributed by atoms with Crippen LogP contribution < -0.4 is 0 Å². The van der Waals surface area contributed by atoms with E-state index < -0.39 is 0 Å². The molecule has 0 saturated carbocycles. The number of carbonyl (C=O) groups excluding carboxylic acids is 2. The number of ether oxygens (including phenoxy) is 2. The fourth-order valence-corrected chi connectivity index (χ4v) is 5.12. The zero-order valence-corrected chi connectivity index (χ0v) is 16.0. The van der Waals surface area contributed by atoms with Crippen LogP contribution in [0.4, 0.5) is 0 Å². The van der Waals surface area contributed by atoms with Gasteiger partial charge in [0, 0.05) is 11.5 Å². The summed E-state index contributed by atoms with van der Waals surface area (Å²) in [5.74, 6) is 0.935. The van der Waals surface area contributed by atoms with E-state index in [9.17, 15) is 9.59 Å². The topological polar surface area (TPSA) is 52.6 Å². The van der Waals surface area contributed by atoms with E-state index in [1.807, 2.05) is 18.2 Å². The maximum atomic E-state index is 11.4. The summed E-state index contributed by atoms with van der Waals surface area (Å²) < 4.78 is 9.57. The van der Waals surface area contributed by atoms with Gasteiger partial charge in [0.05, 0.1) is 31.6 Å². The molecule has 2 aromatic rings. The minimum absolute atomic E-state index is 0.139. The molecular formula is C19H22O4S2. The molecule has 0 aliphatic heterocycles. The lowest BCUT2D eigenvalue weighted by Gasteiger charge is -2.18. The van der Waals surface area contributed by atoms with E-state index in [4.69, 9.17) is 9.47 Å². The largest absolute Gasteiger partial charge is 0.469 e. The van der Waals surface area contributed by atoms with Crippen LogP contribution in [0.3, 0.4) is 0 Å². The van der Waals surface area contributed by atoms with Crippen LogP contribution in [0.25, 0.3) is 10.8 Å². The predicted octanol–water partition coefficient (Wildman–Crippen LogP) is 4.43. The molecule has 0 amide bonds. The Morgan fingerprint density at radius 1 is 0.880 bits per heavy atom. The summed E-state index contributed by atoms with van der Waals surface area (Å²) in [6, 6.07) is 14.5. The molecule has 0 spiro atoms. The number of esters is 2. The average Bonchev–Trinajstić information content (AvgIpc) is 2.66. The van der Waals surface area contributed by atoms with Gasteiger partial charge in [0.2, 0.25) is 0 Å². The molecule has 2 aromatic carbocycles. The van der Waals surface area contributed by atoms with Gasteiger partial charge < -0.3 is 9.47 Å². The Kier molecular flexibility index (Phi) is 8.15. The van der Waals surface area contributed by atoms with Crippen molar-refractivity contribution in [3.05, 3.63) is 48.0 Å². The second-order valence-corrected chi connectivity index (χ2v) is 8.02. The van der Waals surface area contributed by atoms with Gasteiger partial charge in [-0.3, -0.25) is 9.59 Å². The van der Waals surface area contributed by atoms with Gasteiger partial charge in [-0.25, -0.2) is 0 Å². The van der Waals surface area contributed by atoms with Crippen LogP contribution in [0.2, 0.25) is 0 Å². The van der Waals surface area contributed by atoms with E-state index in [0.717, 1.165) is 0 Å². The number of rotatable bonds is 9. The number of thioether (sulfide) groups is 2. The number of carbonyl (C=O) groups is 2. The molecule has 0 radical (unpaired) electrons. The van der Waals surface area contributed by atoms with Crippen molar-refractivity contribution in [2.75, 3.05) is 25.7 Å². The van der Waals surface area contributed by atoms with Gasteiger partial charge in [0.1, 0.15) is 0 Å². The first-order chi connectivity index (χ1) is 12.2. The molecule has 0 heterocycles.